The van der Waals surface area contributed by atoms with Crippen molar-refractivity contribution in [1.82, 2.24) is 9.88 Å². The molecule has 4 heteroatoms. The number of rotatable bonds is 3. The third-order valence-corrected chi connectivity index (χ3v) is 3.98. The Kier molecular flexibility index (Phi) is 3.22. The molecule has 1 aliphatic heterocycles. The Morgan fingerprint density at radius 3 is 2.95 bits per heavy atom. The van der Waals surface area contributed by atoms with Crippen LogP contribution in [0.2, 0.25) is 0 Å². The molecule has 1 aromatic heterocycles. The molecular formula is C16H19N3O. The SMILES string of the molecule is Cc1ccc(CNC(=O)c2ccc3c(c2)CCN3)n1C. The summed E-state index contributed by atoms with van der Waals surface area (Å²) in [6.45, 7) is 3.57. The van der Waals surface area contributed by atoms with E-state index in [2.05, 4.69) is 28.2 Å². The molecule has 104 valence electrons. The smallest absolute Gasteiger partial charge is 0.251 e. The van der Waals surface area contributed by atoms with Gasteiger partial charge in [0.05, 0.1) is 6.54 Å². The van der Waals surface area contributed by atoms with Gasteiger partial charge in [0.1, 0.15) is 0 Å². The molecule has 3 rings (SSSR count). The number of amides is 1. The number of aryl methyl sites for hydroxylation is 1. The highest BCUT2D eigenvalue weighted by atomic mass is 16.1. The van der Waals surface area contributed by atoms with Crippen LogP contribution in [0, 0.1) is 6.92 Å². The highest BCUT2D eigenvalue weighted by Crippen LogP contribution is 2.22. The summed E-state index contributed by atoms with van der Waals surface area (Å²) in [6, 6.07) is 9.96. The van der Waals surface area contributed by atoms with Crippen LogP contribution < -0.4 is 10.6 Å². The van der Waals surface area contributed by atoms with E-state index in [1.165, 1.54) is 11.3 Å². The number of nitrogens with zero attached hydrogens (tertiary/aromatic N) is 1. The van der Waals surface area contributed by atoms with Gasteiger partial charge in [0.15, 0.2) is 0 Å². The highest BCUT2D eigenvalue weighted by Gasteiger charge is 2.13. The summed E-state index contributed by atoms with van der Waals surface area (Å²) in [5.74, 6) is -0.0152. The number of carbonyl (C=O) groups is 1. The van der Waals surface area contributed by atoms with E-state index in [1.807, 2.05) is 31.3 Å². The van der Waals surface area contributed by atoms with Crippen LogP contribution in [-0.2, 0) is 20.0 Å². The lowest BCUT2D eigenvalue weighted by Crippen LogP contribution is -2.24. The third-order valence-electron chi connectivity index (χ3n) is 3.98. The van der Waals surface area contributed by atoms with E-state index in [9.17, 15) is 4.79 Å². The molecule has 1 amide bonds. The first-order valence-corrected chi connectivity index (χ1v) is 6.91. The summed E-state index contributed by atoms with van der Waals surface area (Å²) in [5, 5.41) is 6.28. The van der Waals surface area contributed by atoms with Crippen molar-refractivity contribution in [2.75, 3.05) is 11.9 Å². The molecule has 0 unspecified atom stereocenters. The zero-order valence-corrected chi connectivity index (χ0v) is 11.9. The Morgan fingerprint density at radius 2 is 2.20 bits per heavy atom. The van der Waals surface area contributed by atoms with E-state index >= 15 is 0 Å². The lowest BCUT2D eigenvalue weighted by atomic mass is 10.1. The Hall–Kier alpha value is -2.23. The number of fused-ring (bicyclic) bond motifs is 1. The molecular weight excluding hydrogens is 250 g/mol. The van der Waals surface area contributed by atoms with Crippen LogP contribution in [0.1, 0.15) is 27.3 Å². The molecule has 0 saturated carbocycles. The second kappa shape index (κ2) is 5.04. The van der Waals surface area contributed by atoms with Gasteiger partial charge >= 0.3 is 0 Å². The standard InChI is InChI=1S/C16H19N3O/c1-11-3-5-14(19(11)2)10-18-16(20)13-4-6-15-12(9-13)7-8-17-15/h3-6,9,17H,7-8,10H2,1-2H3,(H,18,20). The lowest BCUT2D eigenvalue weighted by molar-refractivity contribution is 0.0950. The fraction of sp³-hybridized carbons (Fsp3) is 0.312. The van der Waals surface area contributed by atoms with Crippen molar-refractivity contribution < 1.29 is 4.79 Å². The summed E-state index contributed by atoms with van der Waals surface area (Å²) in [7, 11) is 2.01. The van der Waals surface area contributed by atoms with Crippen LogP contribution in [0.4, 0.5) is 5.69 Å². The van der Waals surface area contributed by atoms with Gasteiger partial charge in [-0.05, 0) is 49.2 Å². The van der Waals surface area contributed by atoms with Crippen LogP contribution >= 0.6 is 0 Å². The van der Waals surface area contributed by atoms with Gasteiger partial charge in [-0.2, -0.15) is 0 Å². The van der Waals surface area contributed by atoms with Gasteiger partial charge in [-0.3, -0.25) is 4.79 Å². The van der Waals surface area contributed by atoms with E-state index in [1.54, 1.807) is 0 Å². The third kappa shape index (κ3) is 2.29. The summed E-state index contributed by atoms with van der Waals surface area (Å²) in [5.41, 5.74) is 5.42. The summed E-state index contributed by atoms with van der Waals surface area (Å²) < 4.78 is 2.09. The first-order chi connectivity index (χ1) is 9.65. The molecule has 0 aliphatic carbocycles. The Balaban J connectivity index is 1.69. The monoisotopic (exact) mass is 269 g/mol. The van der Waals surface area contributed by atoms with Crippen LogP contribution in [0.5, 0.6) is 0 Å². The Bertz CT molecular complexity index is 658. The summed E-state index contributed by atoms with van der Waals surface area (Å²) in [4.78, 5) is 12.2. The second-order valence-electron chi connectivity index (χ2n) is 5.26. The predicted molar refractivity (Wildman–Crippen MR) is 80.0 cm³/mol. The van der Waals surface area contributed by atoms with Gasteiger partial charge in [-0.1, -0.05) is 0 Å². The molecule has 1 aromatic carbocycles. The number of benzene rings is 1. The number of carbonyl (C=O) groups excluding carboxylic acids is 1. The van der Waals surface area contributed by atoms with Crippen molar-refractivity contribution in [2.45, 2.75) is 19.9 Å². The minimum atomic E-state index is -0.0152. The van der Waals surface area contributed by atoms with Crippen molar-refractivity contribution in [3.8, 4) is 0 Å². The number of hydrogen-bond donors (Lipinski definition) is 2. The minimum absolute atomic E-state index is 0.0152. The first-order valence-electron chi connectivity index (χ1n) is 6.91. The van der Waals surface area contributed by atoms with E-state index in [-0.39, 0.29) is 5.91 Å². The minimum Gasteiger partial charge on any atom is -0.384 e. The molecule has 2 heterocycles. The number of anilines is 1. The van der Waals surface area contributed by atoms with Gasteiger partial charge in [-0.15, -0.1) is 0 Å². The average molecular weight is 269 g/mol. The fourth-order valence-corrected chi connectivity index (χ4v) is 2.56. The summed E-state index contributed by atoms with van der Waals surface area (Å²) >= 11 is 0. The van der Waals surface area contributed by atoms with Crippen molar-refractivity contribution in [2.24, 2.45) is 7.05 Å². The molecule has 0 fully saturated rings. The lowest BCUT2D eigenvalue weighted by Gasteiger charge is -2.08. The quantitative estimate of drug-likeness (QED) is 0.897. The molecule has 0 saturated heterocycles. The molecule has 0 atom stereocenters. The Morgan fingerprint density at radius 1 is 1.35 bits per heavy atom. The Labute approximate surface area is 118 Å². The van der Waals surface area contributed by atoms with Crippen LogP contribution in [-0.4, -0.2) is 17.0 Å². The fourth-order valence-electron chi connectivity index (χ4n) is 2.56. The molecule has 4 nitrogen and oxygen atoms in total. The van der Waals surface area contributed by atoms with Gasteiger partial charge in [0, 0.05) is 36.2 Å². The van der Waals surface area contributed by atoms with Crippen LogP contribution in [0.3, 0.4) is 0 Å². The zero-order valence-electron chi connectivity index (χ0n) is 11.9. The van der Waals surface area contributed by atoms with Gasteiger partial charge in [0.25, 0.3) is 5.91 Å². The first kappa shape index (κ1) is 12.8. The topological polar surface area (TPSA) is 46.1 Å². The number of nitrogens with one attached hydrogen (secondary N) is 2. The van der Waals surface area contributed by atoms with E-state index < -0.39 is 0 Å². The van der Waals surface area contributed by atoms with Crippen molar-refractivity contribution in [3.63, 3.8) is 0 Å². The van der Waals surface area contributed by atoms with Crippen LogP contribution in [0.15, 0.2) is 30.3 Å². The molecule has 2 N–H and O–H groups in total. The average Bonchev–Trinajstić information content (AvgIpc) is 3.04. The van der Waals surface area contributed by atoms with Gasteiger partial charge < -0.3 is 15.2 Å². The van der Waals surface area contributed by atoms with Gasteiger partial charge in [-0.25, -0.2) is 0 Å². The maximum Gasteiger partial charge on any atom is 0.251 e. The zero-order chi connectivity index (χ0) is 14.1. The maximum atomic E-state index is 12.2. The summed E-state index contributed by atoms with van der Waals surface area (Å²) in [6.07, 6.45) is 0.994. The van der Waals surface area contributed by atoms with Crippen molar-refractivity contribution in [3.05, 3.63) is 52.8 Å². The van der Waals surface area contributed by atoms with Crippen molar-refractivity contribution in [1.29, 1.82) is 0 Å². The maximum absolute atomic E-state index is 12.2. The molecule has 0 radical (unpaired) electrons. The number of hydrogen-bond acceptors (Lipinski definition) is 2. The van der Waals surface area contributed by atoms with Gasteiger partial charge in [0.2, 0.25) is 0 Å². The van der Waals surface area contributed by atoms with Crippen LogP contribution in [0.25, 0.3) is 0 Å². The van der Waals surface area contributed by atoms with Crippen molar-refractivity contribution >= 4 is 11.6 Å². The number of aromatic nitrogens is 1. The second-order valence-corrected chi connectivity index (χ2v) is 5.26. The normalized spacial score (nSPS) is 12.9. The molecule has 0 bridgehead atoms. The predicted octanol–water partition coefficient (Wildman–Crippen LogP) is 2.23. The van der Waals surface area contributed by atoms with E-state index in [4.69, 9.17) is 0 Å². The van der Waals surface area contributed by atoms with E-state index in [0.717, 1.165) is 29.9 Å². The molecule has 2 aromatic rings. The largest absolute Gasteiger partial charge is 0.384 e. The highest BCUT2D eigenvalue weighted by molar-refractivity contribution is 5.95. The van der Waals surface area contributed by atoms with E-state index in [0.29, 0.717) is 6.54 Å². The molecule has 20 heavy (non-hydrogen) atoms. The molecule has 1 aliphatic rings. The molecule has 0 spiro atoms.